The molecule has 0 fully saturated rings. The highest BCUT2D eigenvalue weighted by Crippen LogP contribution is 2.39. The minimum atomic E-state index is -0.793. The summed E-state index contributed by atoms with van der Waals surface area (Å²) in [5.74, 6) is 0.225. The third-order valence-electron chi connectivity index (χ3n) is 3.99. The van der Waals surface area contributed by atoms with E-state index < -0.39 is 10.8 Å². The van der Waals surface area contributed by atoms with Gasteiger partial charge in [0, 0.05) is 11.6 Å². The van der Waals surface area contributed by atoms with Crippen molar-refractivity contribution in [1.29, 1.82) is 5.26 Å². The Morgan fingerprint density at radius 1 is 1.31 bits per heavy atom. The van der Waals surface area contributed by atoms with Crippen LogP contribution in [0.15, 0.2) is 42.0 Å². The van der Waals surface area contributed by atoms with Crippen LogP contribution < -0.4 is 19.5 Å². The van der Waals surface area contributed by atoms with Gasteiger partial charge in [0.2, 0.25) is 0 Å². The van der Waals surface area contributed by atoms with Gasteiger partial charge in [0.15, 0.2) is 11.5 Å². The van der Waals surface area contributed by atoms with Gasteiger partial charge in [-0.05, 0) is 19.1 Å². The lowest BCUT2D eigenvalue weighted by molar-refractivity contribution is -0.384. The van der Waals surface area contributed by atoms with Gasteiger partial charge in [0.25, 0.3) is 11.6 Å². The van der Waals surface area contributed by atoms with E-state index in [1.807, 2.05) is 13.0 Å². The van der Waals surface area contributed by atoms with Crippen LogP contribution in [-0.4, -0.2) is 30.7 Å². The van der Waals surface area contributed by atoms with Crippen molar-refractivity contribution in [3.8, 4) is 23.3 Å². The molecular formula is C20H17N3O6. The van der Waals surface area contributed by atoms with Crippen molar-refractivity contribution in [3.05, 3.63) is 57.6 Å². The predicted octanol–water partition coefficient (Wildman–Crippen LogP) is 3.31. The lowest BCUT2D eigenvalue weighted by Crippen LogP contribution is -2.18. The molecule has 1 heterocycles. The summed E-state index contributed by atoms with van der Waals surface area (Å²) < 4.78 is 16.2. The number of para-hydroxylation sites is 1. The first kappa shape index (κ1) is 19.7. The number of nitro benzene ring substituents is 1. The molecule has 0 bridgehead atoms. The zero-order valence-corrected chi connectivity index (χ0v) is 15.5. The van der Waals surface area contributed by atoms with Gasteiger partial charge in [-0.25, -0.2) is 0 Å². The molecule has 1 aliphatic heterocycles. The van der Waals surface area contributed by atoms with Crippen molar-refractivity contribution in [3.63, 3.8) is 0 Å². The number of benzene rings is 2. The fraction of sp³-hybridized carbons (Fsp3) is 0.200. The Balaban J connectivity index is 1.93. The number of ether oxygens (including phenoxy) is 3. The molecule has 29 heavy (non-hydrogen) atoms. The maximum atomic E-state index is 12.6. The number of nitriles is 1. The van der Waals surface area contributed by atoms with Crippen LogP contribution in [0.4, 0.5) is 11.4 Å². The molecule has 1 N–H and O–H groups in total. The van der Waals surface area contributed by atoms with Crippen molar-refractivity contribution >= 4 is 23.4 Å². The summed E-state index contributed by atoms with van der Waals surface area (Å²) in [5, 5.41) is 23.2. The molecule has 9 nitrogen and oxygen atoms in total. The minimum Gasteiger partial charge on any atom is -0.493 e. The molecule has 0 atom stereocenters. The Morgan fingerprint density at radius 2 is 2.00 bits per heavy atom. The molecular weight excluding hydrogens is 378 g/mol. The lowest BCUT2D eigenvalue weighted by atomic mass is 10.1. The topological polar surface area (TPSA) is 124 Å². The Bertz CT molecular complexity index is 1030. The highest BCUT2D eigenvalue weighted by molar-refractivity contribution is 6.10. The Hall–Kier alpha value is -4.06. The average molecular weight is 395 g/mol. The monoisotopic (exact) mass is 395 g/mol. The number of carbonyl (C=O) groups is 1. The van der Waals surface area contributed by atoms with Gasteiger partial charge in [-0.1, -0.05) is 18.2 Å². The van der Waals surface area contributed by atoms with Crippen molar-refractivity contribution in [1.82, 2.24) is 0 Å². The normalized spacial score (nSPS) is 12.6. The molecule has 2 aromatic rings. The number of amides is 1. The van der Waals surface area contributed by atoms with Crippen LogP contribution >= 0.6 is 0 Å². The molecule has 0 unspecified atom stereocenters. The summed E-state index contributed by atoms with van der Waals surface area (Å²) in [6, 6.07) is 11.2. The molecule has 1 amide bonds. The standard InChI is InChI=1S/C20H17N3O6/c1-2-27-17-6-4-3-5-13(17)9-14(12-21)20(24)22-15-10-18-19(29-8-7-28-18)11-16(15)23(25)26/h3-6,9-11H,2,7-8H2,1H3,(H,22,24). The smallest absolute Gasteiger partial charge is 0.296 e. The van der Waals surface area contributed by atoms with Crippen molar-refractivity contribution in [2.45, 2.75) is 6.92 Å². The van der Waals surface area contributed by atoms with Crippen LogP contribution in [0.1, 0.15) is 12.5 Å². The average Bonchev–Trinajstić information content (AvgIpc) is 2.72. The van der Waals surface area contributed by atoms with E-state index in [2.05, 4.69) is 5.32 Å². The SMILES string of the molecule is CCOc1ccccc1C=C(C#N)C(=O)Nc1cc2c(cc1[N+](=O)[O-])OCCO2. The van der Waals surface area contributed by atoms with Crippen LogP contribution in [0.25, 0.3) is 6.08 Å². The summed E-state index contributed by atoms with van der Waals surface area (Å²) in [4.78, 5) is 23.4. The van der Waals surface area contributed by atoms with E-state index in [0.29, 0.717) is 17.9 Å². The van der Waals surface area contributed by atoms with Gasteiger partial charge in [0.05, 0.1) is 17.6 Å². The summed E-state index contributed by atoms with van der Waals surface area (Å²) in [6.07, 6.45) is 1.37. The van der Waals surface area contributed by atoms with Gasteiger partial charge >= 0.3 is 0 Å². The molecule has 0 aliphatic carbocycles. The van der Waals surface area contributed by atoms with E-state index in [4.69, 9.17) is 14.2 Å². The van der Waals surface area contributed by atoms with E-state index in [1.54, 1.807) is 24.3 Å². The van der Waals surface area contributed by atoms with E-state index >= 15 is 0 Å². The van der Waals surface area contributed by atoms with Crippen LogP contribution in [0.3, 0.4) is 0 Å². The van der Waals surface area contributed by atoms with Crippen LogP contribution in [0, 0.1) is 21.4 Å². The molecule has 0 spiro atoms. The number of carbonyl (C=O) groups excluding carboxylic acids is 1. The molecule has 0 aromatic heterocycles. The largest absolute Gasteiger partial charge is 0.493 e. The van der Waals surface area contributed by atoms with E-state index in [1.165, 1.54) is 18.2 Å². The fourth-order valence-corrected chi connectivity index (χ4v) is 2.71. The molecule has 0 radical (unpaired) electrons. The van der Waals surface area contributed by atoms with E-state index in [-0.39, 0.29) is 41.7 Å². The second-order valence-corrected chi connectivity index (χ2v) is 5.86. The van der Waals surface area contributed by atoms with Crippen molar-refractivity contribution in [2.75, 3.05) is 25.1 Å². The number of hydrogen-bond donors (Lipinski definition) is 1. The minimum absolute atomic E-state index is 0.0940. The van der Waals surface area contributed by atoms with Crippen molar-refractivity contribution in [2.24, 2.45) is 0 Å². The number of hydrogen-bond acceptors (Lipinski definition) is 7. The maximum absolute atomic E-state index is 12.6. The van der Waals surface area contributed by atoms with Gasteiger partial charge < -0.3 is 19.5 Å². The summed E-state index contributed by atoms with van der Waals surface area (Å²) in [7, 11) is 0. The zero-order valence-electron chi connectivity index (χ0n) is 15.5. The summed E-state index contributed by atoms with van der Waals surface area (Å²) >= 11 is 0. The number of anilines is 1. The first-order valence-electron chi connectivity index (χ1n) is 8.76. The predicted molar refractivity (Wildman–Crippen MR) is 104 cm³/mol. The van der Waals surface area contributed by atoms with Gasteiger partial charge in [0.1, 0.15) is 36.3 Å². The highest BCUT2D eigenvalue weighted by atomic mass is 16.6. The first-order valence-corrected chi connectivity index (χ1v) is 8.76. The lowest BCUT2D eigenvalue weighted by Gasteiger charge is -2.19. The van der Waals surface area contributed by atoms with Gasteiger partial charge in [-0.15, -0.1) is 0 Å². The van der Waals surface area contributed by atoms with Gasteiger partial charge in [-0.3, -0.25) is 14.9 Å². The molecule has 0 saturated carbocycles. The number of rotatable bonds is 6. The molecule has 148 valence electrons. The summed E-state index contributed by atoms with van der Waals surface area (Å²) in [5.41, 5.74) is -0.155. The number of fused-ring (bicyclic) bond motifs is 1. The molecule has 9 heteroatoms. The highest BCUT2D eigenvalue weighted by Gasteiger charge is 2.24. The summed E-state index contributed by atoms with van der Waals surface area (Å²) in [6.45, 7) is 2.80. The molecule has 2 aromatic carbocycles. The number of nitrogens with one attached hydrogen (secondary N) is 1. The maximum Gasteiger partial charge on any atom is 0.296 e. The number of nitro groups is 1. The quantitative estimate of drug-likeness (QED) is 0.344. The van der Waals surface area contributed by atoms with Crippen LogP contribution in [0.2, 0.25) is 0 Å². The Labute approximate surface area is 166 Å². The first-order chi connectivity index (χ1) is 14.0. The second-order valence-electron chi connectivity index (χ2n) is 5.86. The number of nitrogens with zero attached hydrogens (tertiary/aromatic N) is 2. The second kappa shape index (κ2) is 8.75. The third kappa shape index (κ3) is 4.44. The molecule has 0 saturated heterocycles. The zero-order chi connectivity index (χ0) is 20.8. The van der Waals surface area contributed by atoms with Crippen LogP contribution in [0.5, 0.6) is 17.2 Å². The Kier molecular flexibility index (Phi) is 5.94. The van der Waals surface area contributed by atoms with E-state index in [0.717, 1.165) is 0 Å². The van der Waals surface area contributed by atoms with Gasteiger partial charge in [-0.2, -0.15) is 5.26 Å². The third-order valence-corrected chi connectivity index (χ3v) is 3.99. The molecule has 3 rings (SSSR count). The van der Waals surface area contributed by atoms with Crippen molar-refractivity contribution < 1.29 is 23.9 Å². The fourth-order valence-electron chi connectivity index (χ4n) is 2.71. The van der Waals surface area contributed by atoms with Crippen LogP contribution in [-0.2, 0) is 4.79 Å². The Morgan fingerprint density at radius 3 is 2.66 bits per heavy atom. The molecule has 1 aliphatic rings. The van der Waals surface area contributed by atoms with E-state index in [9.17, 15) is 20.2 Å².